The van der Waals surface area contributed by atoms with Crippen molar-refractivity contribution in [2.75, 3.05) is 25.6 Å². The topological polar surface area (TPSA) is 72.5 Å². The highest BCUT2D eigenvalue weighted by molar-refractivity contribution is 5.89. The largest absolute Gasteiger partial charge is 0.497 e. The molecule has 1 aliphatic rings. The van der Waals surface area contributed by atoms with Gasteiger partial charge in [-0.05, 0) is 36.2 Å². The first kappa shape index (κ1) is 16.3. The van der Waals surface area contributed by atoms with Crippen molar-refractivity contribution >= 4 is 11.7 Å². The quantitative estimate of drug-likeness (QED) is 0.885. The molecule has 2 aromatic rings. The Hall–Kier alpha value is -2.60. The molecular weight excluding hydrogens is 306 g/mol. The van der Waals surface area contributed by atoms with Gasteiger partial charge in [-0.15, -0.1) is 0 Å². The Morgan fingerprint density at radius 3 is 2.92 bits per heavy atom. The summed E-state index contributed by atoms with van der Waals surface area (Å²) in [4.78, 5) is 16.3. The number of benzene rings is 1. The number of pyridine rings is 1. The Kier molecular flexibility index (Phi) is 5.28. The van der Waals surface area contributed by atoms with Gasteiger partial charge in [-0.3, -0.25) is 4.98 Å². The maximum atomic E-state index is 12.2. The summed E-state index contributed by atoms with van der Waals surface area (Å²) in [6.45, 7) is 1.17. The van der Waals surface area contributed by atoms with Crippen LogP contribution in [0.4, 0.5) is 10.5 Å². The molecule has 24 heavy (non-hydrogen) atoms. The first-order valence-corrected chi connectivity index (χ1v) is 7.93. The van der Waals surface area contributed by atoms with Crippen molar-refractivity contribution in [3.8, 4) is 5.75 Å². The molecule has 0 unspecified atom stereocenters. The molecule has 2 atom stereocenters. The first-order valence-electron chi connectivity index (χ1n) is 7.93. The molecule has 1 saturated heterocycles. The number of ether oxygens (including phenoxy) is 2. The number of aromatic nitrogens is 1. The number of carbonyl (C=O) groups excluding carboxylic acids is 1. The van der Waals surface area contributed by atoms with Gasteiger partial charge in [-0.1, -0.05) is 6.07 Å². The number of carbonyl (C=O) groups is 1. The normalized spacial score (nSPS) is 19.7. The molecule has 1 aromatic carbocycles. The molecule has 126 valence electrons. The minimum Gasteiger partial charge on any atom is -0.497 e. The maximum Gasteiger partial charge on any atom is 0.319 e. The van der Waals surface area contributed by atoms with Crippen LogP contribution in [0.1, 0.15) is 5.56 Å². The second kappa shape index (κ2) is 7.79. The van der Waals surface area contributed by atoms with Crippen LogP contribution >= 0.6 is 0 Å². The molecule has 0 saturated carbocycles. The van der Waals surface area contributed by atoms with Crippen molar-refractivity contribution in [3.05, 3.63) is 54.4 Å². The highest BCUT2D eigenvalue weighted by Crippen LogP contribution is 2.20. The minimum atomic E-state index is -0.238. The Balaban J connectivity index is 1.56. The van der Waals surface area contributed by atoms with Gasteiger partial charge in [0.1, 0.15) is 5.75 Å². The van der Waals surface area contributed by atoms with Crippen LogP contribution in [-0.4, -0.2) is 37.4 Å². The molecule has 1 aliphatic heterocycles. The van der Waals surface area contributed by atoms with E-state index >= 15 is 0 Å². The number of nitrogens with one attached hydrogen (secondary N) is 2. The fraction of sp³-hybridized carbons (Fsp3) is 0.333. The number of hydrogen-bond acceptors (Lipinski definition) is 4. The lowest BCUT2D eigenvalue weighted by Crippen LogP contribution is -2.42. The molecule has 6 heteroatoms. The van der Waals surface area contributed by atoms with E-state index in [0.29, 0.717) is 24.7 Å². The number of anilines is 1. The van der Waals surface area contributed by atoms with Gasteiger partial charge in [-0.2, -0.15) is 0 Å². The lowest BCUT2D eigenvalue weighted by molar-refractivity contribution is 0.182. The zero-order valence-electron chi connectivity index (χ0n) is 13.6. The van der Waals surface area contributed by atoms with E-state index in [0.717, 1.165) is 6.42 Å². The van der Waals surface area contributed by atoms with Crippen LogP contribution in [0.5, 0.6) is 5.75 Å². The van der Waals surface area contributed by atoms with Crippen LogP contribution in [0.2, 0.25) is 0 Å². The van der Waals surface area contributed by atoms with E-state index in [9.17, 15) is 4.79 Å². The second-order valence-corrected chi connectivity index (χ2v) is 5.79. The van der Waals surface area contributed by atoms with Gasteiger partial charge in [0.2, 0.25) is 0 Å². The predicted molar refractivity (Wildman–Crippen MR) is 91.2 cm³/mol. The van der Waals surface area contributed by atoms with Crippen LogP contribution in [0.3, 0.4) is 0 Å². The van der Waals surface area contributed by atoms with Crippen molar-refractivity contribution in [2.24, 2.45) is 5.92 Å². The summed E-state index contributed by atoms with van der Waals surface area (Å²) in [6.07, 6.45) is 4.42. The zero-order chi connectivity index (χ0) is 16.8. The SMILES string of the molecule is COc1cccc(NC(=O)N[C@H]2COC[C@H]2Cc2ccncc2)c1. The van der Waals surface area contributed by atoms with Gasteiger partial charge in [0, 0.05) is 30.1 Å². The van der Waals surface area contributed by atoms with Crippen molar-refractivity contribution in [1.82, 2.24) is 10.3 Å². The van der Waals surface area contributed by atoms with E-state index in [1.165, 1.54) is 5.56 Å². The zero-order valence-corrected chi connectivity index (χ0v) is 13.6. The number of rotatable bonds is 5. The monoisotopic (exact) mass is 327 g/mol. The second-order valence-electron chi connectivity index (χ2n) is 5.79. The molecule has 0 aliphatic carbocycles. The number of urea groups is 1. The molecule has 0 spiro atoms. The van der Waals surface area contributed by atoms with Gasteiger partial charge in [0.25, 0.3) is 0 Å². The number of nitrogens with zero attached hydrogens (tertiary/aromatic N) is 1. The van der Waals surface area contributed by atoms with Crippen LogP contribution in [0.25, 0.3) is 0 Å². The first-order chi connectivity index (χ1) is 11.7. The van der Waals surface area contributed by atoms with E-state index < -0.39 is 0 Å². The van der Waals surface area contributed by atoms with Crippen molar-refractivity contribution < 1.29 is 14.3 Å². The average molecular weight is 327 g/mol. The van der Waals surface area contributed by atoms with Gasteiger partial charge in [0.05, 0.1) is 26.4 Å². The van der Waals surface area contributed by atoms with E-state index in [4.69, 9.17) is 9.47 Å². The highest BCUT2D eigenvalue weighted by Gasteiger charge is 2.29. The molecule has 6 nitrogen and oxygen atoms in total. The molecule has 0 radical (unpaired) electrons. The third kappa shape index (κ3) is 4.23. The van der Waals surface area contributed by atoms with Gasteiger partial charge in [0.15, 0.2) is 0 Å². The van der Waals surface area contributed by atoms with Crippen molar-refractivity contribution in [3.63, 3.8) is 0 Å². The molecule has 2 amide bonds. The van der Waals surface area contributed by atoms with Crippen molar-refractivity contribution in [2.45, 2.75) is 12.5 Å². The summed E-state index contributed by atoms with van der Waals surface area (Å²) in [5.41, 5.74) is 1.89. The Morgan fingerprint density at radius 1 is 1.29 bits per heavy atom. The van der Waals surface area contributed by atoms with Crippen LogP contribution < -0.4 is 15.4 Å². The minimum absolute atomic E-state index is 0.0104. The summed E-state index contributed by atoms with van der Waals surface area (Å²) >= 11 is 0. The number of amides is 2. The standard InChI is InChI=1S/C18H21N3O3/c1-23-16-4-2-3-15(10-16)20-18(22)21-17-12-24-11-14(17)9-13-5-7-19-8-6-13/h2-8,10,14,17H,9,11-12H2,1H3,(H2,20,21,22)/t14-,17+/m1/s1. The molecule has 1 aromatic heterocycles. The summed E-state index contributed by atoms with van der Waals surface area (Å²) in [5, 5.41) is 5.84. The van der Waals surface area contributed by atoms with E-state index in [1.54, 1.807) is 25.6 Å². The third-order valence-corrected chi connectivity index (χ3v) is 4.09. The fourth-order valence-corrected chi connectivity index (χ4v) is 2.82. The molecule has 2 heterocycles. The molecule has 0 bridgehead atoms. The number of hydrogen-bond donors (Lipinski definition) is 2. The van der Waals surface area contributed by atoms with Crippen molar-refractivity contribution in [1.29, 1.82) is 0 Å². The van der Waals surface area contributed by atoms with Crippen LogP contribution in [0, 0.1) is 5.92 Å². The molecule has 2 N–H and O–H groups in total. The summed E-state index contributed by atoms with van der Waals surface area (Å²) < 4.78 is 10.7. The van der Waals surface area contributed by atoms with E-state index in [1.807, 2.05) is 30.3 Å². The highest BCUT2D eigenvalue weighted by atomic mass is 16.5. The Labute approximate surface area is 141 Å². The van der Waals surface area contributed by atoms with E-state index in [-0.39, 0.29) is 18.0 Å². The molecular formula is C18H21N3O3. The molecule has 3 rings (SSSR count). The van der Waals surface area contributed by atoms with Gasteiger partial charge < -0.3 is 20.1 Å². The summed E-state index contributed by atoms with van der Waals surface area (Å²) in [6, 6.07) is 11.0. The number of methoxy groups -OCH3 is 1. The summed E-state index contributed by atoms with van der Waals surface area (Å²) in [5.74, 6) is 0.955. The molecule has 1 fully saturated rings. The lowest BCUT2D eigenvalue weighted by Gasteiger charge is -2.19. The van der Waals surface area contributed by atoms with Crippen LogP contribution in [0.15, 0.2) is 48.8 Å². The smallest absolute Gasteiger partial charge is 0.319 e. The van der Waals surface area contributed by atoms with Gasteiger partial charge in [-0.25, -0.2) is 4.79 Å². The fourth-order valence-electron chi connectivity index (χ4n) is 2.82. The maximum absolute atomic E-state index is 12.2. The average Bonchev–Trinajstić information content (AvgIpc) is 3.02. The lowest BCUT2D eigenvalue weighted by atomic mass is 9.95. The predicted octanol–water partition coefficient (Wildman–Crippen LogP) is 2.47. The third-order valence-electron chi connectivity index (χ3n) is 4.09. The Bertz CT molecular complexity index is 678. The Morgan fingerprint density at radius 2 is 2.12 bits per heavy atom. The van der Waals surface area contributed by atoms with Gasteiger partial charge >= 0.3 is 6.03 Å². The summed E-state index contributed by atoms with van der Waals surface area (Å²) in [7, 11) is 1.60. The van der Waals surface area contributed by atoms with Crippen LogP contribution in [-0.2, 0) is 11.2 Å². The van der Waals surface area contributed by atoms with E-state index in [2.05, 4.69) is 15.6 Å².